The van der Waals surface area contributed by atoms with Crippen molar-refractivity contribution in [2.45, 2.75) is 25.3 Å². The van der Waals surface area contributed by atoms with Gasteiger partial charge in [0.05, 0.1) is 0 Å². The first-order valence-corrected chi connectivity index (χ1v) is 4.82. The molecule has 0 fully saturated rings. The molecule has 0 heterocycles. The fraction of sp³-hybridized carbons (Fsp3) is 0.455. The van der Waals surface area contributed by atoms with E-state index >= 15 is 0 Å². The monoisotopic (exact) mass is 178 g/mol. The van der Waals surface area contributed by atoms with Gasteiger partial charge in [-0.05, 0) is 31.4 Å². The van der Waals surface area contributed by atoms with Gasteiger partial charge in [-0.25, -0.2) is 0 Å². The van der Waals surface area contributed by atoms with Gasteiger partial charge in [-0.2, -0.15) is 0 Å². The molecular weight excluding hydrogens is 160 g/mol. The van der Waals surface area contributed by atoms with Crippen molar-refractivity contribution in [2.75, 3.05) is 6.54 Å². The quantitative estimate of drug-likeness (QED) is 0.714. The van der Waals surface area contributed by atoms with Gasteiger partial charge in [0.1, 0.15) is 0 Å². The molecule has 13 heavy (non-hydrogen) atoms. The molecule has 2 heteroatoms. The number of hydrogen-bond acceptors (Lipinski definition) is 2. The van der Waals surface area contributed by atoms with E-state index < -0.39 is 0 Å². The normalized spacial score (nSPS) is 12.8. The van der Waals surface area contributed by atoms with Crippen LogP contribution in [0, 0.1) is 0 Å². The first-order valence-electron chi connectivity index (χ1n) is 4.82. The molecule has 0 aliphatic carbocycles. The molecule has 0 aromatic heterocycles. The molecule has 0 bridgehead atoms. The van der Waals surface area contributed by atoms with Crippen LogP contribution in [0.1, 0.15) is 18.4 Å². The largest absolute Gasteiger partial charge is 0.330 e. The van der Waals surface area contributed by atoms with Crippen LogP contribution in [0.2, 0.25) is 0 Å². The van der Waals surface area contributed by atoms with Crippen molar-refractivity contribution in [1.82, 2.24) is 0 Å². The Morgan fingerprint density at radius 3 is 2.38 bits per heavy atom. The van der Waals surface area contributed by atoms with Crippen molar-refractivity contribution in [2.24, 2.45) is 11.5 Å². The third kappa shape index (κ3) is 4.06. The Morgan fingerprint density at radius 2 is 1.77 bits per heavy atom. The first kappa shape index (κ1) is 10.2. The molecule has 4 N–H and O–H groups in total. The molecule has 72 valence electrons. The zero-order valence-corrected chi connectivity index (χ0v) is 7.95. The summed E-state index contributed by atoms with van der Waals surface area (Å²) >= 11 is 0. The Balaban J connectivity index is 2.27. The second-order valence-electron chi connectivity index (χ2n) is 3.36. The number of aryl methyl sites for hydroxylation is 1. The Bertz CT molecular complexity index is 221. The van der Waals surface area contributed by atoms with Crippen LogP contribution in [-0.2, 0) is 6.42 Å². The van der Waals surface area contributed by atoms with Crippen LogP contribution in [0.4, 0.5) is 0 Å². The molecule has 0 saturated carbocycles. The molecule has 0 amide bonds. The van der Waals surface area contributed by atoms with E-state index in [-0.39, 0.29) is 6.04 Å². The van der Waals surface area contributed by atoms with E-state index in [2.05, 4.69) is 24.3 Å². The van der Waals surface area contributed by atoms with E-state index in [0.717, 1.165) is 19.3 Å². The third-order valence-electron chi connectivity index (χ3n) is 2.18. The molecule has 1 unspecified atom stereocenters. The van der Waals surface area contributed by atoms with Crippen molar-refractivity contribution < 1.29 is 0 Å². The standard InChI is InChI=1S/C11H18N2/c12-9-8-11(13)7-6-10-4-2-1-3-5-10/h1-5,11H,6-9,12-13H2. The number of rotatable bonds is 5. The highest BCUT2D eigenvalue weighted by molar-refractivity contribution is 5.14. The van der Waals surface area contributed by atoms with Crippen LogP contribution in [0.5, 0.6) is 0 Å². The highest BCUT2D eigenvalue weighted by Crippen LogP contribution is 2.04. The van der Waals surface area contributed by atoms with Crippen molar-refractivity contribution in [3.8, 4) is 0 Å². The van der Waals surface area contributed by atoms with Gasteiger partial charge in [-0.3, -0.25) is 0 Å². The van der Waals surface area contributed by atoms with Crippen LogP contribution in [0.25, 0.3) is 0 Å². The van der Waals surface area contributed by atoms with Crippen LogP contribution in [0.3, 0.4) is 0 Å². The van der Waals surface area contributed by atoms with Gasteiger partial charge in [0.25, 0.3) is 0 Å². The lowest BCUT2D eigenvalue weighted by Gasteiger charge is -2.09. The molecule has 1 rings (SSSR count). The Kier molecular flexibility index (Phi) is 4.50. The summed E-state index contributed by atoms with van der Waals surface area (Å²) in [6, 6.07) is 10.7. The smallest absolute Gasteiger partial charge is 0.00539 e. The van der Waals surface area contributed by atoms with Crippen molar-refractivity contribution in [1.29, 1.82) is 0 Å². The van der Waals surface area contributed by atoms with Crippen LogP contribution in [-0.4, -0.2) is 12.6 Å². The summed E-state index contributed by atoms with van der Waals surface area (Å²) in [7, 11) is 0. The maximum atomic E-state index is 5.85. The fourth-order valence-corrected chi connectivity index (χ4v) is 1.36. The Hall–Kier alpha value is -0.860. The molecule has 1 aromatic carbocycles. The average Bonchev–Trinajstić information content (AvgIpc) is 2.17. The Morgan fingerprint density at radius 1 is 1.08 bits per heavy atom. The van der Waals surface area contributed by atoms with Crippen molar-refractivity contribution >= 4 is 0 Å². The summed E-state index contributed by atoms with van der Waals surface area (Å²) in [5.74, 6) is 0. The van der Waals surface area contributed by atoms with Gasteiger partial charge in [0.2, 0.25) is 0 Å². The SMILES string of the molecule is NCCC(N)CCc1ccccc1. The van der Waals surface area contributed by atoms with E-state index in [1.165, 1.54) is 5.56 Å². The average molecular weight is 178 g/mol. The minimum atomic E-state index is 0.255. The van der Waals surface area contributed by atoms with E-state index in [1.54, 1.807) is 0 Å². The van der Waals surface area contributed by atoms with Crippen LogP contribution >= 0.6 is 0 Å². The lowest BCUT2D eigenvalue weighted by molar-refractivity contribution is 0.576. The minimum Gasteiger partial charge on any atom is -0.330 e. The molecule has 1 atom stereocenters. The van der Waals surface area contributed by atoms with E-state index in [0.29, 0.717) is 6.54 Å². The van der Waals surface area contributed by atoms with E-state index in [1.807, 2.05) is 6.07 Å². The van der Waals surface area contributed by atoms with Crippen molar-refractivity contribution in [3.05, 3.63) is 35.9 Å². The highest BCUT2D eigenvalue weighted by atomic mass is 14.6. The summed E-state index contributed by atoms with van der Waals surface area (Å²) < 4.78 is 0. The van der Waals surface area contributed by atoms with E-state index in [4.69, 9.17) is 11.5 Å². The fourth-order valence-electron chi connectivity index (χ4n) is 1.36. The van der Waals surface area contributed by atoms with Gasteiger partial charge >= 0.3 is 0 Å². The minimum absolute atomic E-state index is 0.255. The first-order chi connectivity index (χ1) is 6.33. The molecule has 0 saturated heterocycles. The predicted molar refractivity (Wildman–Crippen MR) is 56.4 cm³/mol. The zero-order chi connectivity index (χ0) is 9.52. The maximum Gasteiger partial charge on any atom is 0.00539 e. The molecule has 2 nitrogen and oxygen atoms in total. The molecule has 0 aliphatic rings. The van der Waals surface area contributed by atoms with Crippen LogP contribution < -0.4 is 11.5 Å². The van der Waals surface area contributed by atoms with Gasteiger partial charge in [-0.1, -0.05) is 30.3 Å². The summed E-state index contributed by atoms with van der Waals surface area (Å²) in [5, 5.41) is 0. The number of nitrogens with two attached hydrogens (primary N) is 2. The third-order valence-corrected chi connectivity index (χ3v) is 2.18. The highest BCUT2D eigenvalue weighted by Gasteiger charge is 2.00. The summed E-state index contributed by atoms with van der Waals surface area (Å²) in [4.78, 5) is 0. The van der Waals surface area contributed by atoms with Gasteiger partial charge in [0.15, 0.2) is 0 Å². The number of hydrogen-bond donors (Lipinski definition) is 2. The lowest BCUT2D eigenvalue weighted by Crippen LogP contribution is -2.24. The second kappa shape index (κ2) is 5.73. The lowest BCUT2D eigenvalue weighted by atomic mass is 10.0. The summed E-state index contributed by atoms with van der Waals surface area (Å²) in [5.41, 5.74) is 12.6. The predicted octanol–water partition coefficient (Wildman–Crippen LogP) is 1.30. The topological polar surface area (TPSA) is 52.0 Å². The van der Waals surface area contributed by atoms with Gasteiger partial charge in [0, 0.05) is 6.04 Å². The molecule has 0 radical (unpaired) electrons. The molecular formula is C11H18N2. The maximum absolute atomic E-state index is 5.85. The van der Waals surface area contributed by atoms with E-state index in [9.17, 15) is 0 Å². The molecule has 0 aliphatic heterocycles. The van der Waals surface area contributed by atoms with Gasteiger partial charge in [-0.15, -0.1) is 0 Å². The van der Waals surface area contributed by atoms with Crippen LogP contribution in [0.15, 0.2) is 30.3 Å². The number of benzene rings is 1. The summed E-state index contributed by atoms with van der Waals surface area (Å²) in [6.07, 6.45) is 3.01. The second-order valence-corrected chi connectivity index (χ2v) is 3.36. The molecule has 0 spiro atoms. The Labute approximate surface area is 79.9 Å². The molecule has 1 aromatic rings. The summed E-state index contributed by atoms with van der Waals surface area (Å²) in [6.45, 7) is 0.690. The van der Waals surface area contributed by atoms with Gasteiger partial charge < -0.3 is 11.5 Å². The zero-order valence-electron chi connectivity index (χ0n) is 7.95. The van der Waals surface area contributed by atoms with Crippen molar-refractivity contribution in [3.63, 3.8) is 0 Å².